The second-order valence-corrected chi connectivity index (χ2v) is 6.58. The number of benzene rings is 1. The molecule has 4 rings (SSSR count). The Morgan fingerprint density at radius 3 is 2.54 bits per heavy atom. The molecule has 0 radical (unpaired) electrons. The normalized spacial score (nSPS) is 13.5. The van der Waals surface area contributed by atoms with Gasteiger partial charge in [0, 0.05) is 34.5 Å². The molecule has 0 saturated heterocycles. The largest absolute Gasteiger partial charge is 0.351 e. The topological polar surface area (TPSA) is 62.7 Å². The summed E-state index contributed by atoms with van der Waals surface area (Å²) in [5, 5.41) is 6.74. The highest BCUT2D eigenvalue weighted by atomic mass is 79.9. The van der Waals surface area contributed by atoms with Gasteiger partial charge in [-0.05, 0) is 53.0 Å². The van der Waals surface area contributed by atoms with Gasteiger partial charge in [-0.1, -0.05) is 12.1 Å². The first kappa shape index (κ1) is 15.1. The van der Waals surface area contributed by atoms with Crippen molar-refractivity contribution in [1.82, 2.24) is 15.0 Å². The highest BCUT2D eigenvalue weighted by molar-refractivity contribution is 9.10. The van der Waals surface area contributed by atoms with Gasteiger partial charge in [0.15, 0.2) is 0 Å². The third-order valence-corrected chi connectivity index (χ3v) is 4.44. The molecule has 1 fully saturated rings. The summed E-state index contributed by atoms with van der Waals surface area (Å²) in [6.45, 7) is 0. The fourth-order valence-corrected chi connectivity index (χ4v) is 2.74. The summed E-state index contributed by atoms with van der Waals surface area (Å²) in [6, 6.07) is 14.3. The molecule has 0 amide bonds. The Balaban J connectivity index is 1.71. The fourth-order valence-electron chi connectivity index (χ4n) is 2.36. The molecule has 3 aromatic rings. The van der Waals surface area contributed by atoms with Gasteiger partial charge in [-0.2, -0.15) is 4.98 Å². The smallest absolute Gasteiger partial charge is 0.225 e. The molecule has 24 heavy (non-hydrogen) atoms. The molecule has 0 atom stereocenters. The van der Waals surface area contributed by atoms with Crippen LogP contribution in [0.1, 0.15) is 12.8 Å². The maximum atomic E-state index is 4.65. The van der Waals surface area contributed by atoms with E-state index in [9.17, 15) is 0 Å². The first-order valence-electron chi connectivity index (χ1n) is 7.85. The SMILES string of the molecule is Brc1ccccc1Nc1cc(-c2ccncc2)nc(NC2CC2)n1. The van der Waals surface area contributed by atoms with E-state index in [1.54, 1.807) is 12.4 Å². The molecule has 2 aromatic heterocycles. The molecule has 0 unspecified atom stereocenters. The van der Waals surface area contributed by atoms with Crippen LogP contribution in [0.5, 0.6) is 0 Å². The molecule has 2 heterocycles. The van der Waals surface area contributed by atoms with Gasteiger partial charge in [-0.15, -0.1) is 0 Å². The van der Waals surface area contributed by atoms with E-state index in [2.05, 4.69) is 41.5 Å². The van der Waals surface area contributed by atoms with E-state index in [1.807, 2.05) is 42.5 Å². The molecular formula is C18H16BrN5. The average molecular weight is 382 g/mol. The van der Waals surface area contributed by atoms with Crippen molar-refractivity contribution in [3.63, 3.8) is 0 Å². The molecule has 1 saturated carbocycles. The Kier molecular flexibility index (Phi) is 4.13. The number of pyridine rings is 1. The number of nitrogens with one attached hydrogen (secondary N) is 2. The lowest BCUT2D eigenvalue weighted by Gasteiger charge is -2.12. The van der Waals surface area contributed by atoms with Crippen molar-refractivity contribution in [2.45, 2.75) is 18.9 Å². The minimum absolute atomic E-state index is 0.494. The number of hydrogen-bond donors (Lipinski definition) is 2. The first-order chi connectivity index (χ1) is 11.8. The monoisotopic (exact) mass is 381 g/mol. The molecule has 0 aliphatic heterocycles. The molecule has 0 bridgehead atoms. The van der Waals surface area contributed by atoms with Crippen LogP contribution < -0.4 is 10.6 Å². The number of nitrogens with zero attached hydrogens (tertiary/aromatic N) is 3. The average Bonchev–Trinajstić information content (AvgIpc) is 3.42. The summed E-state index contributed by atoms with van der Waals surface area (Å²) in [5.41, 5.74) is 2.85. The van der Waals surface area contributed by atoms with Gasteiger partial charge in [0.2, 0.25) is 5.95 Å². The number of rotatable bonds is 5. The maximum absolute atomic E-state index is 4.65. The summed E-state index contributed by atoms with van der Waals surface area (Å²) in [7, 11) is 0. The van der Waals surface area contributed by atoms with E-state index in [4.69, 9.17) is 0 Å². The molecule has 120 valence electrons. The minimum atomic E-state index is 0.494. The van der Waals surface area contributed by atoms with E-state index < -0.39 is 0 Å². The Bertz CT molecular complexity index is 849. The van der Waals surface area contributed by atoms with Crippen LogP contribution in [0.25, 0.3) is 11.3 Å². The summed E-state index contributed by atoms with van der Waals surface area (Å²) in [6.07, 6.45) is 5.89. The highest BCUT2D eigenvalue weighted by Crippen LogP contribution is 2.29. The third-order valence-electron chi connectivity index (χ3n) is 3.75. The van der Waals surface area contributed by atoms with Crippen LogP contribution in [0.2, 0.25) is 0 Å². The second kappa shape index (κ2) is 6.57. The standard InChI is InChI=1S/C18H16BrN5/c19-14-3-1-2-4-15(14)22-17-11-16(12-7-9-20-10-8-12)23-18(24-17)21-13-5-6-13/h1-4,7-11,13H,5-6H2,(H2,21,22,23,24). The van der Waals surface area contributed by atoms with Crippen molar-refractivity contribution >= 4 is 33.4 Å². The Labute approximate surface area is 148 Å². The predicted octanol–water partition coefficient (Wildman–Crippen LogP) is 4.62. The first-order valence-corrected chi connectivity index (χ1v) is 8.65. The zero-order valence-electron chi connectivity index (χ0n) is 12.9. The zero-order valence-corrected chi connectivity index (χ0v) is 14.5. The Morgan fingerprint density at radius 1 is 1.00 bits per heavy atom. The minimum Gasteiger partial charge on any atom is -0.351 e. The lowest BCUT2D eigenvalue weighted by molar-refractivity contribution is 1.06. The summed E-state index contributed by atoms with van der Waals surface area (Å²) < 4.78 is 0.991. The molecule has 5 nitrogen and oxygen atoms in total. The van der Waals surface area contributed by atoms with Crippen molar-refractivity contribution < 1.29 is 0 Å². The molecule has 0 spiro atoms. The van der Waals surface area contributed by atoms with E-state index >= 15 is 0 Å². The lowest BCUT2D eigenvalue weighted by atomic mass is 10.2. The van der Waals surface area contributed by atoms with Crippen LogP contribution in [0.15, 0.2) is 59.3 Å². The van der Waals surface area contributed by atoms with Gasteiger partial charge in [0.05, 0.1) is 11.4 Å². The molecule has 1 aromatic carbocycles. The summed E-state index contributed by atoms with van der Waals surface area (Å²) >= 11 is 3.56. The summed E-state index contributed by atoms with van der Waals surface area (Å²) in [5.74, 6) is 1.41. The predicted molar refractivity (Wildman–Crippen MR) is 99.3 cm³/mol. The number of halogens is 1. The van der Waals surface area contributed by atoms with Crippen molar-refractivity contribution in [2.75, 3.05) is 10.6 Å². The molecule has 6 heteroatoms. The van der Waals surface area contributed by atoms with E-state index in [1.165, 1.54) is 12.8 Å². The van der Waals surface area contributed by atoms with Gasteiger partial charge < -0.3 is 10.6 Å². The van der Waals surface area contributed by atoms with Gasteiger partial charge in [0.1, 0.15) is 5.82 Å². The van der Waals surface area contributed by atoms with Crippen LogP contribution in [0, 0.1) is 0 Å². The van der Waals surface area contributed by atoms with Gasteiger partial charge in [0.25, 0.3) is 0 Å². The maximum Gasteiger partial charge on any atom is 0.225 e. The zero-order chi connectivity index (χ0) is 16.4. The Morgan fingerprint density at radius 2 is 1.79 bits per heavy atom. The van der Waals surface area contributed by atoms with Crippen LogP contribution in [-0.4, -0.2) is 21.0 Å². The van der Waals surface area contributed by atoms with Crippen LogP contribution >= 0.6 is 15.9 Å². The van der Waals surface area contributed by atoms with Crippen molar-refractivity contribution in [3.8, 4) is 11.3 Å². The van der Waals surface area contributed by atoms with Gasteiger partial charge >= 0.3 is 0 Å². The van der Waals surface area contributed by atoms with Crippen LogP contribution in [0.4, 0.5) is 17.5 Å². The van der Waals surface area contributed by atoms with Gasteiger partial charge in [-0.3, -0.25) is 4.98 Å². The number of anilines is 3. The van der Waals surface area contributed by atoms with Crippen molar-refractivity contribution in [1.29, 1.82) is 0 Å². The summed E-state index contributed by atoms with van der Waals surface area (Å²) in [4.78, 5) is 13.3. The molecule has 2 N–H and O–H groups in total. The fraction of sp³-hybridized carbons (Fsp3) is 0.167. The quantitative estimate of drug-likeness (QED) is 0.674. The number of aromatic nitrogens is 3. The van der Waals surface area contributed by atoms with Gasteiger partial charge in [-0.25, -0.2) is 4.98 Å². The Hall–Kier alpha value is -2.47. The van der Waals surface area contributed by atoms with E-state index in [-0.39, 0.29) is 0 Å². The highest BCUT2D eigenvalue weighted by Gasteiger charge is 2.22. The van der Waals surface area contributed by atoms with Crippen LogP contribution in [-0.2, 0) is 0 Å². The third kappa shape index (κ3) is 3.54. The molecule has 1 aliphatic carbocycles. The molecule has 1 aliphatic rings. The lowest BCUT2D eigenvalue weighted by Crippen LogP contribution is -2.07. The second-order valence-electron chi connectivity index (χ2n) is 5.72. The van der Waals surface area contributed by atoms with E-state index in [0.717, 1.165) is 27.2 Å². The van der Waals surface area contributed by atoms with Crippen LogP contribution in [0.3, 0.4) is 0 Å². The van der Waals surface area contributed by atoms with Crippen molar-refractivity contribution in [2.24, 2.45) is 0 Å². The number of hydrogen-bond acceptors (Lipinski definition) is 5. The van der Waals surface area contributed by atoms with Crippen molar-refractivity contribution in [3.05, 3.63) is 59.3 Å². The molecular weight excluding hydrogens is 366 g/mol. The number of para-hydroxylation sites is 1. The van der Waals surface area contributed by atoms with E-state index in [0.29, 0.717) is 12.0 Å².